The van der Waals surface area contributed by atoms with Crippen molar-refractivity contribution >= 4 is 11.8 Å². The molecule has 0 aliphatic rings. The minimum absolute atomic E-state index is 0.161. The minimum Gasteiger partial charge on any atom is -0.467 e. The van der Waals surface area contributed by atoms with Crippen LogP contribution >= 0.6 is 11.8 Å². The second-order valence-electron chi connectivity index (χ2n) is 4.83. The first-order valence-electron chi connectivity index (χ1n) is 7.25. The molecule has 0 bridgehead atoms. The van der Waals surface area contributed by atoms with Crippen LogP contribution in [0, 0.1) is 11.3 Å². The molecule has 0 N–H and O–H groups in total. The van der Waals surface area contributed by atoms with Crippen LogP contribution in [-0.4, -0.2) is 25.0 Å². The smallest absolute Gasteiger partial charge is 0.193 e. The third-order valence-electron chi connectivity index (χ3n) is 3.27. The molecule has 0 fully saturated rings. The van der Waals surface area contributed by atoms with E-state index < -0.39 is 0 Å². The number of pyridine rings is 1. The van der Waals surface area contributed by atoms with E-state index in [0.717, 1.165) is 17.9 Å². The number of nitriles is 1. The molecule has 0 saturated heterocycles. The third-order valence-corrected chi connectivity index (χ3v) is 4.50. The van der Waals surface area contributed by atoms with Crippen molar-refractivity contribution in [3.63, 3.8) is 0 Å². The standard InChI is InChI=1S/C16H15N5OS/c1-2-13(10-17)23-16-20-19-15(14-7-3-4-8-18-14)21(16)11-12-6-5-9-22-12/h3-9,13H,2,11H2,1H3. The zero-order valence-electron chi connectivity index (χ0n) is 12.6. The molecule has 3 heterocycles. The second-order valence-corrected chi connectivity index (χ2v) is 6.00. The molecule has 0 aromatic carbocycles. The first-order valence-corrected chi connectivity index (χ1v) is 8.13. The molecule has 1 atom stereocenters. The molecule has 0 spiro atoms. The van der Waals surface area contributed by atoms with E-state index in [1.807, 2.05) is 41.8 Å². The van der Waals surface area contributed by atoms with Gasteiger partial charge >= 0.3 is 0 Å². The van der Waals surface area contributed by atoms with Crippen LogP contribution in [-0.2, 0) is 6.54 Å². The molecule has 0 aliphatic carbocycles. The lowest BCUT2D eigenvalue weighted by Crippen LogP contribution is -2.06. The summed E-state index contributed by atoms with van der Waals surface area (Å²) < 4.78 is 7.38. The molecule has 23 heavy (non-hydrogen) atoms. The Morgan fingerprint density at radius 3 is 2.87 bits per heavy atom. The van der Waals surface area contributed by atoms with Gasteiger partial charge in [0.1, 0.15) is 11.5 Å². The Hall–Kier alpha value is -2.59. The lowest BCUT2D eigenvalue weighted by atomic mass is 10.3. The van der Waals surface area contributed by atoms with Gasteiger partial charge in [-0.05, 0) is 30.7 Å². The Labute approximate surface area is 138 Å². The second kappa shape index (κ2) is 7.11. The summed E-state index contributed by atoms with van der Waals surface area (Å²) in [4.78, 5) is 4.34. The third kappa shape index (κ3) is 3.43. The summed E-state index contributed by atoms with van der Waals surface area (Å²) in [6, 6.07) is 11.7. The zero-order valence-corrected chi connectivity index (χ0v) is 13.4. The van der Waals surface area contributed by atoms with Crippen molar-refractivity contribution < 1.29 is 4.42 Å². The molecular weight excluding hydrogens is 310 g/mol. The Bertz CT molecular complexity index is 792. The van der Waals surface area contributed by atoms with Gasteiger partial charge in [0.15, 0.2) is 11.0 Å². The highest BCUT2D eigenvalue weighted by Gasteiger charge is 2.19. The van der Waals surface area contributed by atoms with Gasteiger partial charge in [0.25, 0.3) is 0 Å². The van der Waals surface area contributed by atoms with Crippen molar-refractivity contribution in [3.8, 4) is 17.6 Å². The fourth-order valence-corrected chi connectivity index (χ4v) is 2.93. The highest BCUT2D eigenvalue weighted by Crippen LogP contribution is 2.28. The largest absolute Gasteiger partial charge is 0.467 e. The predicted octanol–water partition coefficient (Wildman–Crippen LogP) is 3.38. The summed E-state index contributed by atoms with van der Waals surface area (Å²) in [7, 11) is 0. The molecular formula is C16H15N5OS. The van der Waals surface area contributed by atoms with Gasteiger partial charge in [0, 0.05) is 6.20 Å². The van der Waals surface area contributed by atoms with E-state index in [9.17, 15) is 5.26 Å². The fraction of sp³-hybridized carbons (Fsp3) is 0.250. The average Bonchev–Trinajstić information content (AvgIpc) is 3.24. The molecule has 1 unspecified atom stereocenters. The maximum absolute atomic E-state index is 9.20. The van der Waals surface area contributed by atoms with Gasteiger partial charge < -0.3 is 4.42 Å². The average molecular weight is 325 g/mol. The molecule has 0 saturated carbocycles. The number of furan rings is 1. The van der Waals surface area contributed by atoms with E-state index in [-0.39, 0.29) is 5.25 Å². The molecule has 0 aliphatic heterocycles. The van der Waals surface area contributed by atoms with E-state index in [1.165, 1.54) is 11.8 Å². The van der Waals surface area contributed by atoms with Gasteiger partial charge in [0.2, 0.25) is 0 Å². The molecule has 7 heteroatoms. The van der Waals surface area contributed by atoms with Crippen LogP contribution in [0.3, 0.4) is 0 Å². The summed E-state index contributed by atoms with van der Waals surface area (Å²) in [5, 5.41) is 18.2. The molecule has 3 aromatic heterocycles. The first kappa shape index (κ1) is 15.3. The van der Waals surface area contributed by atoms with Crippen LogP contribution in [0.2, 0.25) is 0 Å². The van der Waals surface area contributed by atoms with Gasteiger partial charge in [-0.25, -0.2) is 0 Å². The Morgan fingerprint density at radius 1 is 1.30 bits per heavy atom. The lowest BCUT2D eigenvalue weighted by molar-refractivity contribution is 0.485. The van der Waals surface area contributed by atoms with Crippen molar-refractivity contribution in [3.05, 3.63) is 48.6 Å². The first-order chi connectivity index (χ1) is 11.3. The number of hydrogen-bond acceptors (Lipinski definition) is 6. The Kier molecular flexibility index (Phi) is 4.74. The van der Waals surface area contributed by atoms with Crippen molar-refractivity contribution in [1.29, 1.82) is 5.26 Å². The highest BCUT2D eigenvalue weighted by molar-refractivity contribution is 8.00. The van der Waals surface area contributed by atoms with Crippen LogP contribution in [0.15, 0.2) is 52.4 Å². The van der Waals surface area contributed by atoms with Gasteiger partial charge in [0.05, 0.1) is 24.1 Å². The van der Waals surface area contributed by atoms with Crippen molar-refractivity contribution in [2.45, 2.75) is 30.3 Å². The van der Waals surface area contributed by atoms with Crippen molar-refractivity contribution in [1.82, 2.24) is 19.7 Å². The van der Waals surface area contributed by atoms with E-state index in [4.69, 9.17) is 4.42 Å². The SMILES string of the molecule is CCC(C#N)Sc1nnc(-c2ccccn2)n1Cc1ccco1. The molecule has 6 nitrogen and oxygen atoms in total. The van der Waals surface area contributed by atoms with Gasteiger partial charge in [-0.15, -0.1) is 10.2 Å². The number of aromatic nitrogens is 4. The van der Waals surface area contributed by atoms with E-state index >= 15 is 0 Å². The molecule has 3 aromatic rings. The van der Waals surface area contributed by atoms with Crippen molar-refractivity contribution in [2.75, 3.05) is 0 Å². The van der Waals surface area contributed by atoms with Crippen LogP contribution in [0.4, 0.5) is 0 Å². The van der Waals surface area contributed by atoms with E-state index in [2.05, 4.69) is 21.3 Å². The number of nitrogens with zero attached hydrogens (tertiary/aromatic N) is 5. The predicted molar refractivity (Wildman–Crippen MR) is 86.6 cm³/mol. The Morgan fingerprint density at radius 2 is 2.22 bits per heavy atom. The summed E-state index contributed by atoms with van der Waals surface area (Å²) in [5.74, 6) is 1.46. The summed E-state index contributed by atoms with van der Waals surface area (Å²) in [5.41, 5.74) is 0.739. The van der Waals surface area contributed by atoms with Crippen LogP contribution in [0.1, 0.15) is 19.1 Å². The van der Waals surface area contributed by atoms with Gasteiger partial charge in [-0.1, -0.05) is 24.8 Å². The molecule has 0 radical (unpaired) electrons. The quantitative estimate of drug-likeness (QED) is 0.646. The summed E-state index contributed by atoms with van der Waals surface area (Å²) >= 11 is 1.41. The zero-order chi connectivity index (χ0) is 16.1. The fourth-order valence-electron chi connectivity index (χ4n) is 2.09. The molecule has 3 rings (SSSR count). The van der Waals surface area contributed by atoms with Gasteiger partial charge in [-0.2, -0.15) is 5.26 Å². The molecule has 116 valence electrons. The van der Waals surface area contributed by atoms with Crippen LogP contribution in [0.5, 0.6) is 0 Å². The Balaban J connectivity index is 1.99. The highest BCUT2D eigenvalue weighted by atomic mass is 32.2. The van der Waals surface area contributed by atoms with Crippen molar-refractivity contribution in [2.24, 2.45) is 0 Å². The normalized spacial score (nSPS) is 12.0. The lowest BCUT2D eigenvalue weighted by Gasteiger charge is -2.09. The van der Waals surface area contributed by atoms with E-state index in [0.29, 0.717) is 17.5 Å². The maximum atomic E-state index is 9.20. The van der Waals surface area contributed by atoms with Crippen LogP contribution < -0.4 is 0 Å². The topological polar surface area (TPSA) is 80.5 Å². The number of thioether (sulfide) groups is 1. The van der Waals surface area contributed by atoms with E-state index in [1.54, 1.807) is 12.5 Å². The summed E-state index contributed by atoms with van der Waals surface area (Å²) in [6.07, 6.45) is 4.10. The maximum Gasteiger partial charge on any atom is 0.193 e. The minimum atomic E-state index is -0.161. The number of rotatable bonds is 6. The summed E-state index contributed by atoms with van der Waals surface area (Å²) in [6.45, 7) is 2.48. The van der Waals surface area contributed by atoms with Gasteiger partial charge in [-0.3, -0.25) is 9.55 Å². The molecule has 0 amide bonds. The van der Waals surface area contributed by atoms with Crippen LogP contribution in [0.25, 0.3) is 11.5 Å². The number of hydrogen-bond donors (Lipinski definition) is 0. The monoisotopic (exact) mass is 325 g/mol.